The van der Waals surface area contributed by atoms with Crippen molar-refractivity contribution in [2.45, 2.75) is 20.3 Å². The molecule has 1 heterocycles. The zero-order chi connectivity index (χ0) is 22.5. The zero-order valence-electron chi connectivity index (χ0n) is 17.9. The van der Waals surface area contributed by atoms with Gasteiger partial charge in [-0.15, -0.1) is 5.10 Å². The molecule has 1 N–H and O–H groups in total. The number of nitrogens with zero attached hydrogens (tertiary/aromatic N) is 3. The van der Waals surface area contributed by atoms with E-state index in [1.807, 2.05) is 55.5 Å². The molecule has 162 valence electrons. The van der Waals surface area contributed by atoms with Crippen molar-refractivity contribution in [1.29, 1.82) is 0 Å². The number of hydrogen-bond donors (Lipinski definition) is 1. The van der Waals surface area contributed by atoms with E-state index in [0.29, 0.717) is 29.4 Å². The second-order valence-corrected chi connectivity index (χ2v) is 7.11. The van der Waals surface area contributed by atoms with Crippen molar-refractivity contribution in [2.75, 3.05) is 11.9 Å². The van der Waals surface area contributed by atoms with E-state index in [9.17, 15) is 9.18 Å². The maximum atomic E-state index is 13.5. The lowest BCUT2D eigenvalue weighted by Crippen LogP contribution is -2.14. The summed E-state index contributed by atoms with van der Waals surface area (Å²) in [5.41, 5.74) is 3.18. The first-order chi connectivity index (χ1) is 15.6. The summed E-state index contributed by atoms with van der Waals surface area (Å²) in [4.78, 5) is 17.3. The van der Waals surface area contributed by atoms with E-state index in [4.69, 9.17) is 4.74 Å². The van der Waals surface area contributed by atoms with E-state index in [1.54, 1.807) is 16.8 Å². The van der Waals surface area contributed by atoms with Gasteiger partial charge in [0, 0.05) is 11.3 Å². The van der Waals surface area contributed by atoms with Crippen LogP contribution in [-0.4, -0.2) is 27.3 Å². The van der Waals surface area contributed by atoms with Gasteiger partial charge in [-0.25, -0.2) is 14.1 Å². The van der Waals surface area contributed by atoms with Crippen molar-refractivity contribution in [1.82, 2.24) is 14.8 Å². The molecule has 0 radical (unpaired) electrons. The minimum Gasteiger partial charge on any atom is -0.494 e. The minimum atomic E-state index is -0.428. The van der Waals surface area contributed by atoms with Gasteiger partial charge in [0.25, 0.3) is 5.91 Å². The fraction of sp³-hybridized carbons (Fsp3) is 0.160. The molecule has 0 aliphatic carbocycles. The fourth-order valence-corrected chi connectivity index (χ4v) is 3.24. The Balaban J connectivity index is 1.69. The average molecular weight is 430 g/mol. The number of aryl methyl sites for hydroxylation is 1. The molecule has 4 aromatic rings. The predicted molar refractivity (Wildman–Crippen MR) is 122 cm³/mol. The first-order valence-electron chi connectivity index (χ1n) is 10.4. The van der Waals surface area contributed by atoms with Gasteiger partial charge in [0.15, 0.2) is 5.82 Å². The Morgan fingerprint density at radius 1 is 0.969 bits per heavy atom. The lowest BCUT2D eigenvalue weighted by molar-refractivity contribution is 0.101. The molecular weight excluding hydrogens is 407 g/mol. The Labute approximate surface area is 185 Å². The van der Waals surface area contributed by atoms with Gasteiger partial charge in [-0.2, -0.15) is 0 Å². The van der Waals surface area contributed by atoms with Crippen LogP contribution < -0.4 is 10.1 Å². The highest BCUT2D eigenvalue weighted by atomic mass is 19.1. The summed E-state index contributed by atoms with van der Waals surface area (Å²) in [6, 6.07) is 20.8. The van der Waals surface area contributed by atoms with Crippen molar-refractivity contribution >= 4 is 11.6 Å². The van der Waals surface area contributed by atoms with E-state index < -0.39 is 5.91 Å². The number of carbonyl (C=O) groups is 1. The van der Waals surface area contributed by atoms with Gasteiger partial charge in [-0.1, -0.05) is 19.1 Å². The van der Waals surface area contributed by atoms with Crippen LogP contribution in [-0.2, 0) is 6.42 Å². The molecule has 32 heavy (non-hydrogen) atoms. The highest BCUT2D eigenvalue weighted by Crippen LogP contribution is 2.24. The molecule has 0 atom stereocenters. The Kier molecular flexibility index (Phi) is 6.26. The molecule has 1 aromatic heterocycles. The molecule has 0 bridgehead atoms. The van der Waals surface area contributed by atoms with Gasteiger partial charge in [-0.3, -0.25) is 4.79 Å². The quantitative estimate of drug-likeness (QED) is 0.433. The van der Waals surface area contributed by atoms with Gasteiger partial charge < -0.3 is 10.1 Å². The number of aromatic nitrogens is 3. The molecule has 0 spiro atoms. The number of hydrogen-bond acceptors (Lipinski definition) is 4. The summed E-state index contributed by atoms with van der Waals surface area (Å²) in [6.07, 6.45) is 0.920. The van der Waals surface area contributed by atoms with Crippen molar-refractivity contribution in [3.63, 3.8) is 0 Å². The van der Waals surface area contributed by atoms with Crippen LogP contribution in [0.25, 0.3) is 17.1 Å². The first-order valence-corrected chi connectivity index (χ1v) is 10.4. The summed E-state index contributed by atoms with van der Waals surface area (Å²) in [6.45, 7) is 4.55. The second kappa shape index (κ2) is 9.43. The predicted octanol–water partition coefficient (Wildman–Crippen LogP) is 5.29. The molecule has 0 saturated heterocycles. The van der Waals surface area contributed by atoms with Gasteiger partial charge in [-0.05, 0) is 79.6 Å². The fourth-order valence-electron chi connectivity index (χ4n) is 3.24. The molecule has 0 aliphatic rings. The van der Waals surface area contributed by atoms with Crippen molar-refractivity contribution in [3.8, 4) is 22.8 Å². The topological polar surface area (TPSA) is 69.0 Å². The third kappa shape index (κ3) is 4.67. The number of ether oxygens (including phenoxy) is 1. The van der Waals surface area contributed by atoms with E-state index >= 15 is 0 Å². The van der Waals surface area contributed by atoms with Crippen LogP contribution in [0.2, 0.25) is 0 Å². The summed E-state index contributed by atoms with van der Waals surface area (Å²) in [5, 5.41) is 7.27. The summed E-state index contributed by atoms with van der Waals surface area (Å²) in [5.74, 6) is 0.392. The highest BCUT2D eigenvalue weighted by molar-refractivity contribution is 6.01. The molecular formula is C25H23FN4O2. The molecule has 0 aliphatic heterocycles. The largest absolute Gasteiger partial charge is 0.494 e. The number of amides is 1. The van der Waals surface area contributed by atoms with Gasteiger partial charge in [0.2, 0.25) is 5.82 Å². The SMILES string of the molecule is CCOc1ccc(-n2nc(C(=O)Nc3ccc(CC)cc3)nc2-c2ccc(F)cc2)cc1. The van der Waals surface area contributed by atoms with Crippen LogP contribution >= 0.6 is 0 Å². The Morgan fingerprint density at radius 2 is 1.66 bits per heavy atom. The third-order valence-corrected chi connectivity index (χ3v) is 4.93. The monoisotopic (exact) mass is 430 g/mol. The van der Waals surface area contributed by atoms with E-state index in [2.05, 4.69) is 22.3 Å². The lowest BCUT2D eigenvalue weighted by Gasteiger charge is -2.08. The summed E-state index contributed by atoms with van der Waals surface area (Å²) in [7, 11) is 0. The maximum absolute atomic E-state index is 13.5. The van der Waals surface area contributed by atoms with Crippen LogP contribution in [0.3, 0.4) is 0 Å². The summed E-state index contributed by atoms with van der Waals surface area (Å²) < 4.78 is 20.5. The molecule has 1 amide bonds. The average Bonchev–Trinajstić information content (AvgIpc) is 3.26. The number of benzene rings is 3. The smallest absolute Gasteiger partial charge is 0.295 e. The Morgan fingerprint density at radius 3 is 2.28 bits per heavy atom. The molecule has 0 fully saturated rings. The minimum absolute atomic E-state index is 0.0118. The van der Waals surface area contributed by atoms with Gasteiger partial charge in [0.1, 0.15) is 11.6 Å². The lowest BCUT2D eigenvalue weighted by atomic mass is 10.1. The van der Waals surface area contributed by atoms with Crippen LogP contribution in [0.5, 0.6) is 5.75 Å². The van der Waals surface area contributed by atoms with Gasteiger partial charge >= 0.3 is 0 Å². The molecule has 4 rings (SSSR count). The zero-order valence-corrected chi connectivity index (χ0v) is 17.9. The number of nitrogens with one attached hydrogen (secondary N) is 1. The van der Waals surface area contributed by atoms with Crippen LogP contribution in [0.4, 0.5) is 10.1 Å². The van der Waals surface area contributed by atoms with Crippen LogP contribution in [0.15, 0.2) is 72.8 Å². The molecule has 6 nitrogen and oxygen atoms in total. The van der Waals surface area contributed by atoms with E-state index in [0.717, 1.165) is 12.2 Å². The number of rotatable bonds is 7. The Bertz CT molecular complexity index is 1200. The maximum Gasteiger partial charge on any atom is 0.295 e. The van der Waals surface area contributed by atoms with Crippen LogP contribution in [0.1, 0.15) is 30.0 Å². The van der Waals surface area contributed by atoms with Crippen molar-refractivity contribution in [2.24, 2.45) is 0 Å². The third-order valence-electron chi connectivity index (χ3n) is 4.93. The molecule has 3 aromatic carbocycles. The molecule has 7 heteroatoms. The van der Waals surface area contributed by atoms with Crippen LogP contribution in [0, 0.1) is 5.82 Å². The first kappa shape index (κ1) is 21.2. The second-order valence-electron chi connectivity index (χ2n) is 7.11. The number of anilines is 1. The van der Waals surface area contributed by atoms with Crippen molar-refractivity contribution < 1.29 is 13.9 Å². The number of halogens is 1. The standard InChI is InChI=1S/C25H23FN4O2/c1-3-17-5-11-20(12-6-17)27-25(31)23-28-24(18-7-9-19(26)10-8-18)30(29-23)21-13-15-22(16-14-21)32-4-2/h5-16H,3-4H2,1-2H3,(H,27,31). The number of carbonyl (C=O) groups excluding carboxylic acids is 1. The van der Waals surface area contributed by atoms with Gasteiger partial charge in [0.05, 0.1) is 12.3 Å². The molecule has 0 saturated carbocycles. The van der Waals surface area contributed by atoms with Crippen molar-refractivity contribution in [3.05, 3.63) is 90.0 Å². The van der Waals surface area contributed by atoms with E-state index in [-0.39, 0.29) is 11.6 Å². The molecule has 0 unspecified atom stereocenters. The Hall–Kier alpha value is -4.00. The normalized spacial score (nSPS) is 10.7. The summed E-state index contributed by atoms with van der Waals surface area (Å²) >= 11 is 0. The van der Waals surface area contributed by atoms with E-state index in [1.165, 1.54) is 17.7 Å². The highest BCUT2D eigenvalue weighted by Gasteiger charge is 2.19.